The number of alkyl halides is 4. The number of nitrogens with zero attached hydrogens (tertiary/aromatic N) is 5. The normalized spacial score (nSPS) is 17.2. The molecule has 14 heteroatoms. The lowest BCUT2D eigenvalue weighted by atomic mass is 10.1. The predicted octanol–water partition coefficient (Wildman–Crippen LogP) is 8.98. The van der Waals surface area contributed by atoms with Crippen LogP contribution in [0.3, 0.4) is 0 Å². The van der Waals surface area contributed by atoms with Crippen molar-refractivity contribution >= 4 is 15.9 Å². The second kappa shape index (κ2) is 16.2. The van der Waals surface area contributed by atoms with Gasteiger partial charge in [-0.25, -0.2) is 9.97 Å². The molecule has 0 fully saturated rings. The summed E-state index contributed by atoms with van der Waals surface area (Å²) in [5.41, 5.74) is 8.06. The molecular formula is C38H40BrF4N5O4. The highest BCUT2D eigenvalue weighted by atomic mass is 79.9. The summed E-state index contributed by atoms with van der Waals surface area (Å²) < 4.78 is 75.7. The van der Waals surface area contributed by atoms with Crippen LogP contribution in [-0.4, -0.2) is 62.7 Å². The zero-order chi connectivity index (χ0) is 37.1. The molecule has 0 radical (unpaired) electrons. The minimum atomic E-state index is -2.85. The Morgan fingerprint density at radius 2 is 1.23 bits per heavy atom. The number of ether oxygens (including phenoxy) is 4. The molecule has 5 aromatic rings. The van der Waals surface area contributed by atoms with E-state index in [1.165, 1.54) is 0 Å². The van der Waals surface area contributed by atoms with Crippen LogP contribution >= 0.6 is 15.9 Å². The molecule has 0 amide bonds. The lowest BCUT2D eigenvalue weighted by Crippen LogP contribution is -2.15. The maximum absolute atomic E-state index is 12.6. The van der Waals surface area contributed by atoms with Crippen molar-refractivity contribution in [2.75, 3.05) is 13.2 Å². The van der Waals surface area contributed by atoms with Gasteiger partial charge in [0.05, 0.1) is 49.9 Å². The van der Waals surface area contributed by atoms with E-state index in [1.54, 1.807) is 44.3 Å². The minimum absolute atomic E-state index is 0.0544. The van der Waals surface area contributed by atoms with Gasteiger partial charge >= 0.3 is 13.2 Å². The van der Waals surface area contributed by atoms with Gasteiger partial charge in [0.25, 0.3) is 0 Å². The molecule has 0 spiro atoms. The van der Waals surface area contributed by atoms with Crippen molar-refractivity contribution in [3.8, 4) is 45.5 Å². The van der Waals surface area contributed by atoms with Crippen molar-refractivity contribution in [2.45, 2.75) is 86.0 Å². The third kappa shape index (κ3) is 8.50. The zero-order valence-electron chi connectivity index (χ0n) is 29.5. The highest BCUT2D eigenvalue weighted by molar-refractivity contribution is 9.10. The molecular weight excluding hydrogens is 746 g/mol. The molecule has 0 unspecified atom stereocenters. The number of hydrogen-bond acceptors (Lipinski definition) is 7. The van der Waals surface area contributed by atoms with E-state index in [2.05, 4.69) is 44.5 Å². The minimum Gasteiger partial charge on any atom is -0.435 e. The van der Waals surface area contributed by atoms with Crippen LogP contribution in [-0.2, 0) is 35.4 Å². The fraction of sp³-hybridized carbons (Fsp3) is 0.395. The number of hydrogen-bond donors (Lipinski definition) is 0. The van der Waals surface area contributed by atoms with E-state index in [0.29, 0.717) is 37.4 Å². The molecule has 2 aliphatic heterocycles. The van der Waals surface area contributed by atoms with E-state index in [9.17, 15) is 17.6 Å². The number of aromatic nitrogens is 5. The van der Waals surface area contributed by atoms with Crippen LogP contribution in [0.15, 0.2) is 59.3 Å². The molecule has 52 heavy (non-hydrogen) atoms. The quantitative estimate of drug-likeness (QED) is 0.152. The lowest BCUT2D eigenvalue weighted by molar-refractivity contribution is -0.0509. The topological polar surface area (TPSA) is 85.5 Å². The molecule has 0 saturated heterocycles. The van der Waals surface area contributed by atoms with E-state index < -0.39 is 13.2 Å². The van der Waals surface area contributed by atoms with Crippen LogP contribution in [0.1, 0.15) is 42.1 Å². The Labute approximate surface area is 308 Å². The van der Waals surface area contributed by atoms with Crippen molar-refractivity contribution in [1.29, 1.82) is 0 Å². The first-order valence-electron chi connectivity index (χ1n) is 17.0. The van der Waals surface area contributed by atoms with Gasteiger partial charge in [-0.2, -0.15) is 17.6 Å². The highest BCUT2D eigenvalue weighted by Gasteiger charge is 2.25. The summed E-state index contributed by atoms with van der Waals surface area (Å²) in [6.07, 6.45) is 3.47. The smallest absolute Gasteiger partial charge is 0.387 e. The van der Waals surface area contributed by atoms with Gasteiger partial charge in [0.15, 0.2) is 0 Å². The first kappa shape index (κ1) is 37.5. The largest absolute Gasteiger partial charge is 0.435 e. The number of halogens is 5. The van der Waals surface area contributed by atoms with Crippen LogP contribution in [0.5, 0.6) is 11.5 Å². The monoisotopic (exact) mass is 785 g/mol. The highest BCUT2D eigenvalue weighted by Crippen LogP contribution is 2.35. The van der Waals surface area contributed by atoms with Gasteiger partial charge in [0.1, 0.15) is 27.8 Å². The van der Waals surface area contributed by atoms with Gasteiger partial charge in [-0.15, -0.1) is 0 Å². The maximum atomic E-state index is 12.6. The number of pyridine rings is 1. The molecule has 2 atom stereocenters. The standard InChI is InChI=1S/C22H23F2N3O2.C16H17BrF2N2O2/c1-13-10-17(4-5-19(13)29-22(23)24)21-26-20(16-6-8-25-14(2)11-16)18-7-9-28-15(3)12-27(18)21;1-9-7-11(3-4-13(9)23-16(18)19)15-20-14(17)12-5-6-22-10(2)8-21(12)15/h4-6,8,10-11,15,22H,7,9,12H2,1-3H3;3-4,7,10,16H,5-6,8H2,1-2H3/t15-;10-/m11/s1. The summed E-state index contributed by atoms with van der Waals surface area (Å²) in [6, 6.07) is 14.3. The molecule has 2 aromatic carbocycles. The number of aryl methyl sites for hydroxylation is 3. The molecule has 7 rings (SSSR count). The number of imidazole rings is 2. The number of benzene rings is 2. The molecule has 0 saturated carbocycles. The molecule has 0 aliphatic carbocycles. The summed E-state index contributed by atoms with van der Waals surface area (Å²) in [6.45, 7) is 6.52. The third-order valence-electron chi connectivity index (χ3n) is 8.93. The fourth-order valence-corrected chi connectivity index (χ4v) is 7.14. The molecule has 3 aromatic heterocycles. The van der Waals surface area contributed by atoms with Gasteiger partial charge in [0, 0.05) is 47.1 Å². The van der Waals surface area contributed by atoms with Crippen LogP contribution in [0.2, 0.25) is 0 Å². The Morgan fingerprint density at radius 3 is 1.75 bits per heavy atom. The Hall–Kier alpha value is -4.27. The molecule has 0 N–H and O–H groups in total. The number of rotatable bonds is 7. The van der Waals surface area contributed by atoms with Crippen molar-refractivity contribution in [3.05, 3.63) is 87.5 Å². The zero-order valence-corrected chi connectivity index (χ0v) is 31.1. The van der Waals surface area contributed by atoms with Gasteiger partial charge in [-0.1, -0.05) is 0 Å². The molecule has 276 valence electrons. The molecule has 0 bridgehead atoms. The Morgan fingerprint density at radius 1 is 0.712 bits per heavy atom. The predicted molar refractivity (Wildman–Crippen MR) is 192 cm³/mol. The van der Waals surface area contributed by atoms with Crippen LogP contribution < -0.4 is 9.47 Å². The van der Waals surface area contributed by atoms with Gasteiger partial charge in [0.2, 0.25) is 0 Å². The van der Waals surface area contributed by atoms with Crippen LogP contribution in [0.25, 0.3) is 34.0 Å². The second-order valence-electron chi connectivity index (χ2n) is 12.9. The van der Waals surface area contributed by atoms with Crippen LogP contribution in [0, 0.1) is 20.8 Å². The average Bonchev–Trinajstić information content (AvgIpc) is 3.41. The van der Waals surface area contributed by atoms with Gasteiger partial charge in [-0.05, 0) is 110 Å². The fourth-order valence-electron chi connectivity index (χ4n) is 6.56. The molecule has 2 aliphatic rings. The Bertz CT molecular complexity index is 2030. The van der Waals surface area contributed by atoms with Gasteiger partial charge < -0.3 is 28.1 Å². The van der Waals surface area contributed by atoms with Crippen molar-refractivity contribution in [3.63, 3.8) is 0 Å². The SMILES string of the molecule is Cc1cc(-c2nc(-c3ccc(OC(F)F)c(C)c3)n3c2CCO[C@H](C)C3)ccn1.Cc1cc(-c2nc(Br)c3n2C[C@@H](C)OCC3)ccc1OC(F)F. The van der Waals surface area contributed by atoms with E-state index in [0.717, 1.165) is 68.6 Å². The molecule has 5 heterocycles. The van der Waals surface area contributed by atoms with Gasteiger partial charge in [-0.3, -0.25) is 4.98 Å². The third-order valence-corrected chi connectivity index (χ3v) is 9.56. The maximum Gasteiger partial charge on any atom is 0.387 e. The van der Waals surface area contributed by atoms with Crippen molar-refractivity contribution in [1.82, 2.24) is 24.1 Å². The van der Waals surface area contributed by atoms with E-state index in [-0.39, 0.29) is 23.7 Å². The first-order valence-corrected chi connectivity index (χ1v) is 17.8. The first-order chi connectivity index (χ1) is 24.9. The van der Waals surface area contributed by atoms with E-state index >= 15 is 0 Å². The molecule has 9 nitrogen and oxygen atoms in total. The summed E-state index contributed by atoms with van der Waals surface area (Å²) in [5.74, 6) is 1.96. The van der Waals surface area contributed by atoms with E-state index in [1.807, 2.05) is 45.0 Å². The summed E-state index contributed by atoms with van der Waals surface area (Å²) >= 11 is 3.51. The Balaban J connectivity index is 0.000000183. The lowest BCUT2D eigenvalue weighted by Gasteiger charge is -2.14. The second-order valence-corrected chi connectivity index (χ2v) is 13.6. The van der Waals surface area contributed by atoms with Crippen LogP contribution in [0.4, 0.5) is 17.6 Å². The van der Waals surface area contributed by atoms with Crippen molar-refractivity contribution < 1.29 is 36.5 Å². The summed E-state index contributed by atoms with van der Waals surface area (Å²) in [7, 11) is 0. The van der Waals surface area contributed by atoms with E-state index in [4.69, 9.17) is 14.5 Å². The Kier molecular flexibility index (Phi) is 11.7. The summed E-state index contributed by atoms with van der Waals surface area (Å²) in [4.78, 5) is 13.9. The number of fused-ring (bicyclic) bond motifs is 2. The average molecular weight is 787 g/mol. The summed E-state index contributed by atoms with van der Waals surface area (Å²) in [5, 5.41) is 0. The van der Waals surface area contributed by atoms with Crippen molar-refractivity contribution in [2.24, 2.45) is 0 Å².